The molecule has 0 saturated carbocycles. The molecule has 2 nitrogen and oxygen atoms in total. The number of fused-ring (bicyclic) bond motifs is 1. The lowest BCUT2D eigenvalue weighted by Crippen LogP contribution is -2.48. The van der Waals surface area contributed by atoms with Crippen molar-refractivity contribution in [2.75, 3.05) is 6.54 Å². The Morgan fingerprint density at radius 1 is 1.26 bits per heavy atom. The number of nitrogens with zero attached hydrogens (tertiary/aromatic N) is 1. The van der Waals surface area contributed by atoms with E-state index in [0.29, 0.717) is 12.0 Å². The van der Waals surface area contributed by atoms with Gasteiger partial charge in [0.15, 0.2) is 0 Å². The van der Waals surface area contributed by atoms with Crippen LogP contribution in [0.5, 0.6) is 0 Å². The smallest absolute Gasteiger partial charge is 0.0456 e. The standard InChI is InChI=1S/C17H26N2/c1-3-13-7-6-10-19(13)16-11-12(2)14-8-4-5-9-15(14)17(16)18/h4-5,8-9,12-13,16-17H,3,6-7,10-11,18H2,1-2H3. The molecule has 0 radical (unpaired) electrons. The van der Waals surface area contributed by atoms with Crippen LogP contribution in [0.25, 0.3) is 0 Å². The largest absolute Gasteiger partial charge is 0.323 e. The monoisotopic (exact) mass is 258 g/mol. The van der Waals surface area contributed by atoms with Crippen LogP contribution in [0.15, 0.2) is 24.3 Å². The van der Waals surface area contributed by atoms with Crippen LogP contribution >= 0.6 is 0 Å². The fourth-order valence-electron chi connectivity index (χ4n) is 4.18. The minimum absolute atomic E-state index is 0.194. The van der Waals surface area contributed by atoms with Gasteiger partial charge in [0.25, 0.3) is 0 Å². The topological polar surface area (TPSA) is 29.3 Å². The van der Waals surface area contributed by atoms with E-state index in [2.05, 4.69) is 43.0 Å². The Kier molecular flexibility index (Phi) is 3.64. The number of rotatable bonds is 2. The summed E-state index contributed by atoms with van der Waals surface area (Å²) < 4.78 is 0. The number of hydrogen-bond acceptors (Lipinski definition) is 2. The van der Waals surface area contributed by atoms with Crippen LogP contribution in [0.2, 0.25) is 0 Å². The lowest BCUT2D eigenvalue weighted by molar-refractivity contribution is 0.131. The zero-order valence-electron chi connectivity index (χ0n) is 12.2. The van der Waals surface area contributed by atoms with Gasteiger partial charge >= 0.3 is 0 Å². The Hall–Kier alpha value is -0.860. The molecule has 0 spiro atoms. The van der Waals surface area contributed by atoms with Gasteiger partial charge in [-0.15, -0.1) is 0 Å². The fraction of sp³-hybridized carbons (Fsp3) is 0.647. The second-order valence-corrected chi connectivity index (χ2v) is 6.30. The summed E-state index contributed by atoms with van der Waals surface area (Å²) in [6, 6.07) is 10.3. The van der Waals surface area contributed by atoms with E-state index in [9.17, 15) is 0 Å². The van der Waals surface area contributed by atoms with E-state index >= 15 is 0 Å². The van der Waals surface area contributed by atoms with Crippen molar-refractivity contribution in [1.82, 2.24) is 4.90 Å². The van der Waals surface area contributed by atoms with Crippen LogP contribution < -0.4 is 5.73 Å². The maximum absolute atomic E-state index is 6.61. The van der Waals surface area contributed by atoms with Crippen molar-refractivity contribution in [3.8, 4) is 0 Å². The molecular formula is C17H26N2. The van der Waals surface area contributed by atoms with Crippen LogP contribution in [-0.4, -0.2) is 23.5 Å². The third kappa shape index (κ3) is 2.21. The summed E-state index contributed by atoms with van der Waals surface area (Å²) in [5.41, 5.74) is 9.46. The third-order valence-corrected chi connectivity index (χ3v) is 5.22. The zero-order valence-corrected chi connectivity index (χ0v) is 12.2. The highest BCUT2D eigenvalue weighted by Crippen LogP contribution is 2.40. The van der Waals surface area contributed by atoms with E-state index in [1.54, 1.807) is 0 Å². The number of likely N-dealkylation sites (tertiary alicyclic amines) is 1. The molecule has 0 aromatic heterocycles. The first-order valence-electron chi connectivity index (χ1n) is 7.82. The maximum Gasteiger partial charge on any atom is 0.0456 e. The van der Waals surface area contributed by atoms with Crippen LogP contribution in [0.1, 0.15) is 62.6 Å². The lowest BCUT2D eigenvalue weighted by atomic mass is 9.77. The molecule has 2 aliphatic rings. The van der Waals surface area contributed by atoms with E-state index < -0.39 is 0 Å². The summed E-state index contributed by atoms with van der Waals surface area (Å²) in [6.45, 7) is 5.91. The van der Waals surface area contributed by atoms with Crippen LogP contribution in [0, 0.1) is 0 Å². The summed E-state index contributed by atoms with van der Waals surface area (Å²) in [5, 5.41) is 0. The molecule has 1 heterocycles. The summed E-state index contributed by atoms with van der Waals surface area (Å²) >= 11 is 0. The summed E-state index contributed by atoms with van der Waals surface area (Å²) in [7, 11) is 0. The van der Waals surface area contributed by atoms with Gasteiger partial charge in [0.05, 0.1) is 0 Å². The average molecular weight is 258 g/mol. The molecule has 19 heavy (non-hydrogen) atoms. The van der Waals surface area contributed by atoms with Crippen molar-refractivity contribution in [2.24, 2.45) is 5.73 Å². The van der Waals surface area contributed by atoms with Crippen LogP contribution in [0.3, 0.4) is 0 Å². The minimum Gasteiger partial charge on any atom is -0.323 e. The molecule has 1 aliphatic carbocycles. The summed E-state index contributed by atoms with van der Waals surface area (Å²) in [4.78, 5) is 2.71. The normalized spacial score (nSPS) is 35.3. The van der Waals surface area contributed by atoms with Crippen molar-refractivity contribution >= 4 is 0 Å². The van der Waals surface area contributed by atoms with Gasteiger partial charge < -0.3 is 5.73 Å². The third-order valence-electron chi connectivity index (χ3n) is 5.22. The van der Waals surface area contributed by atoms with Crippen molar-refractivity contribution in [3.63, 3.8) is 0 Å². The van der Waals surface area contributed by atoms with Gasteiger partial charge in [-0.25, -0.2) is 0 Å². The summed E-state index contributed by atoms with van der Waals surface area (Å²) in [5.74, 6) is 0.638. The molecule has 2 heteroatoms. The molecule has 1 aromatic rings. The van der Waals surface area contributed by atoms with Gasteiger partial charge in [0, 0.05) is 18.1 Å². The Balaban J connectivity index is 1.89. The molecular weight excluding hydrogens is 232 g/mol. The molecule has 1 aliphatic heterocycles. The highest BCUT2D eigenvalue weighted by molar-refractivity contribution is 5.36. The zero-order chi connectivity index (χ0) is 13.4. The van der Waals surface area contributed by atoms with Gasteiger partial charge in [0.1, 0.15) is 0 Å². The fourth-order valence-corrected chi connectivity index (χ4v) is 4.18. The Morgan fingerprint density at radius 3 is 2.74 bits per heavy atom. The molecule has 4 atom stereocenters. The molecule has 4 unspecified atom stereocenters. The van der Waals surface area contributed by atoms with Crippen molar-refractivity contribution in [3.05, 3.63) is 35.4 Å². The van der Waals surface area contributed by atoms with E-state index in [-0.39, 0.29) is 6.04 Å². The van der Waals surface area contributed by atoms with Crippen molar-refractivity contribution < 1.29 is 0 Å². The molecule has 104 valence electrons. The van der Waals surface area contributed by atoms with E-state index in [4.69, 9.17) is 5.73 Å². The summed E-state index contributed by atoms with van der Waals surface area (Å²) in [6.07, 6.45) is 5.18. The number of hydrogen-bond donors (Lipinski definition) is 1. The highest BCUT2D eigenvalue weighted by atomic mass is 15.2. The first kappa shape index (κ1) is 13.1. The second kappa shape index (κ2) is 5.26. The minimum atomic E-state index is 0.194. The Morgan fingerprint density at radius 2 is 2.00 bits per heavy atom. The lowest BCUT2D eigenvalue weighted by Gasteiger charge is -2.42. The van der Waals surface area contributed by atoms with E-state index in [1.807, 2.05) is 0 Å². The van der Waals surface area contributed by atoms with E-state index in [1.165, 1.54) is 43.4 Å². The predicted molar refractivity (Wildman–Crippen MR) is 80.2 cm³/mol. The van der Waals surface area contributed by atoms with Gasteiger partial charge in [-0.2, -0.15) is 0 Å². The SMILES string of the molecule is CCC1CCCN1C1CC(C)c2ccccc2C1N. The van der Waals surface area contributed by atoms with Crippen molar-refractivity contribution in [2.45, 2.75) is 63.6 Å². The molecule has 1 fully saturated rings. The molecule has 3 rings (SSSR count). The maximum atomic E-state index is 6.61. The van der Waals surface area contributed by atoms with Crippen LogP contribution in [-0.2, 0) is 0 Å². The Bertz CT molecular complexity index is 443. The highest BCUT2D eigenvalue weighted by Gasteiger charge is 2.38. The van der Waals surface area contributed by atoms with Gasteiger partial charge in [0.2, 0.25) is 0 Å². The van der Waals surface area contributed by atoms with Gasteiger partial charge in [-0.3, -0.25) is 4.90 Å². The predicted octanol–water partition coefficient (Wildman–Crippen LogP) is 3.44. The van der Waals surface area contributed by atoms with Crippen LogP contribution in [0.4, 0.5) is 0 Å². The first-order chi connectivity index (χ1) is 9.22. The van der Waals surface area contributed by atoms with Gasteiger partial charge in [-0.1, -0.05) is 38.1 Å². The second-order valence-electron chi connectivity index (χ2n) is 6.30. The quantitative estimate of drug-likeness (QED) is 0.880. The molecule has 2 N–H and O–H groups in total. The molecule has 1 aromatic carbocycles. The molecule has 0 bridgehead atoms. The Labute approximate surface area is 117 Å². The molecule has 1 saturated heterocycles. The van der Waals surface area contributed by atoms with Crippen molar-refractivity contribution in [1.29, 1.82) is 0 Å². The number of benzene rings is 1. The first-order valence-corrected chi connectivity index (χ1v) is 7.82. The average Bonchev–Trinajstić information content (AvgIpc) is 2.91. The van der Waals surface area contributed by atoms with E-state index in [0.717, 1.165) is 6.04 Å². The van der Waals surface area contributed by atoms with Gasteiger partial charge in [-0.05, 0) is 49.3 Å². The number of nitrogens with two attached hydrogens (primary N) is 1. The molecule has 0 amide bonds.